The summed E-state index contributed by atoms with van der Waals surface area (Å²) in [5.41, 5.74) is 7.73. The van der Waals surface area contributed by atoms with Crippen LogP contribution in [0.3, 0.4) is 0 Å². The van der Waals surface area contributed by atoms with E-state index in [0.717, 1.165) is 22.9 Å². The lowest BCUT2D eigenvalue weighted by Gasteiger charge is -2.07. The summed E-state index contributed by atoms with van der Waals surface area (Å²) >= 11 is 7.56. The molecule has 0 aliphatic carbocycles. The monoisotopic (exact) mass is 324 g/mol. The van der Waals surface area contributed by atoms with Crippen LogP contribution in [0, 0.1) is 6.92 Å². The summed E-state index contributed by atoms with van der Waals surface area (Å²) in [6.07, 6.45) is 0.952. The molecule has 6 heteroatoms. The van der Waals surface area contributed by atoms with Gasteiger partial charge in [-0.05, 0) is 36.6 Å². The first kappa shape index (κ1) is 15.9. The third-order valence-electron chi connectivity index (χ3n) is 2.98. The number of nitrogens with two attached hydrogens (primary N) is 1. The van der Waals surface area contributed by atoms with E-state index in [1.54, 1.807) is 6.07 Å². The number of fused-ring (bicyclic) bond motifs is 1. The Morgan fingerprint density at radius 3 is 2.90 bits per heavy atom. The fourth-order valence-corrected chi connectivity index (χ4v) is 2.78. The summed E-state index contributed by atoms with van der Waals surface area (Å²) in [6.45, 7) is 4.63. The number of rotatable bonds is 4. The first-order chi connectivity index (χ1) is 10.0. The average Bonchev–Trinajstić information content (AvgIpc) is 2.44. The number of benzene rings is 1. The fourth-order valence-electron chi connectivity index (χ4n) is 1.89. The van der Waals surface area contributed by atoms with Gasteiger partial charge in [-0.3, -0.25) is 4.99 Å². The van der Waals surface area contributed by atoms with Crippen molar-refractivity contribution in [1.29, 1.82) is 0 Å². The van der Waals surface area contributed by atoms with Gasteiger partial charge in [0.05, 0.1) is 0 Å². The lowest BCUT2D eigenvalue weighted by molar-refractivity contribution is 0.559. The van der Waals surface area contributed by atoms with Crippen molar-refractivity contribution in [1.82, 2.24) is 0 Å². The van der Waals surface area contributed by atoms with Crippen molar-refractivity contribution >= 4 is 39.5 Å². The van der Waals surface area contributed by atoms with Crippen LogP contribution < -0.4 is 11.4 Å². The first-order valence-corrected chi connectivity index (χ1v) is 8.03. The maximum Gasteiger partial charge on any atom is 0.336 e. The lowest BCUT2D eigenvalue weighted by Crippen LogP contribution is -2.08. The van der Waals surface area contributed by atoms with Crippen LogP contribution in [0.5, 0.6) is 0 Å². The molecule has 0 spiro atoms. The number of aliphatic imine (C=N–C) groups is 1. The Hall–Kier alpha value is -1.46. The van der Waals surface area contributed by atoms with Crippen LogP contribution in [0.1, 0.15) is 24.5 Å². The smallest absolute Gasteiger partial charge is 0.336 e. The highest BCUT2D eigenvalue weighted by molar-refractivity contribution is 8.13. The largest absolute Gasteiger partial charge is 0.423 e. The van der Waals surface area contributed by atoms with Crippen LogP contribution in [0.15, 0.2) is 32.4 Å². The molecule has 2 N–H and O–H groups in total. The number of halogens is 1. The molecule has 4 nitrogen and oxygen atoms in total. The summed E-state index contributed by atoms with van der Waals surface area (Å²) < 4.78 is 5.22. The number of amidine groups is 1. The fraction of sp³-hybridized carbons (Fsp3) is 0.333. The highest BCUT2D eigenvalue weighted by Gasteiger charge is 2.09. The molecule has 1 aromatic heterocycles. The number of aryl methyl sites for hydroxylation is 1. The van der Waals surface area contributed by atoms with Crippen molar-refractivity contribution in [3.8, 4) is 0 Å². The minimum atomic E-state index is -0.371. The average molecular weight is 325 g/mol. The molecule has 0 bridgehead atoms. The maximum absolute atomic E-state index is 11.6. The zero-order valence-electron chi connectivity index (χ0n) is 12.0. The minimum absolute atomic E-state index is 0.371. The second-order valence-corrected chi connectivity index (χ2v) is 6.10. The minimum Gasteiger partial charge on any atom is -0.423 e. The van der Waals surface area contributed by atoms with E-state index in [1.807, 2.05) is 19.9 Å². The van der Waals surface area contributed by atoms with Crippen LogP contribution in [0.2, 0.25) is 5.02 Å². The van der Waals surface area contributed by atoms with Crippen LogP contribution >= 0.6 is 23.4 Å². The predicted octanol–water partition coefficient (Wildman–Crippen LogP) is 3.71. The zero-order valence-corrected chi connectivity index (χ0v) is 13.6. The van der Waals surface area contributed by atoms with Crippen molar-refractivity contribution in [2.75, 3.05) is 6.54 Å². The van der Waals surface area contributed by atoms with E-state index < -0.39 is 0 Å². The Labute approximate surface area is 132 Å². The topological polar surface area (TPSA) is 68.6 Å². The number of nitrogens with zero attached hydrogens (tertiary/aromatic N) is 1. The number of hydrogen-bond donors (Lipinski definition) is 1. The predicted molar refractivity (Wildman–Crippen MR) is 90.3 cm³/mol. The van der Waals surface area contributed by atoms with E-state index in [0.29, 0.717) is 28.1 Å². The first-order valence-electron chi connectivity index (χ1n) is 6.67. The van der Waals surface area contributed by atoms with E-state index in [-0.39, 0.29) is 5.63 Å². The van der Waals surface area contributed by atoms with E-state index in [2.05, 4.69) is 4.99 Å². The molecule has 0 unspecified atom stereocenters. The highest BCUT2D eigenvalue weighted by Crippen LogP contribution is 2.27. The van der Waals surface area contributed by atoms with Crippen LogP contribution in [0.25, 0.3) is 11.0 Å². The van der Waals surface area contributed by atoms with Gasteiger partial charge in [0, 0.05) is 28.8 Å². The Bertz CT molecular complexity index is 740. The molecule has 0 saturated heterocycles. The molecule has 0 fully saturated rings. The summed E-state index contributed by atoms with van der Waals surface area (Å²) in [5.74, 6) is 0.556. The van der Waals surface area contributed by atoms with Crippen molar-refractivity contribution in [3.63, 3.8) is 0 Å². The zero-order chi connectivity index (χ0) is 15.4. The molecule has 0 aliphatic heterocycles. The van der Waals surface area contributed by atoms with E-state index >= 15 is 0 Å². The van der Waals surface area contributed by atoms with E-state index in [4.69, 9.17) is 21.8 Å². The van der Waals surface area contributed by atoms with Crippen LogP contribution in [0.4, 0.5) is 0 Å². The molecule has 21 heavy (non-hydrogen) atoms. The maximum atomic E-state index is 11.6. The van der Waals surface area contributed by atoms with Crippen molar-refractivity contribution in [3.05, 3.63) is 44.8 Å². The van der Waals surface area contributed by atoms with Crippen molar-refractivity contribution in [2.24, 2.45) is 10.7 Å². The van der Waals surface area contributed by atoms with Gasteiger partial charge in [-0.1, -0.05) is 30.3 Å². The van der Waals surface area contributed by atoms with E-state index in [1.165, 1.54) is 17.8 Å². The third-order valence-corrected chi connectivity index (χ3v) is 4.26. The van der Waals surface area contributed by atoms with Crippen LogP contribution in [-0.2, 0) is 5.75 Å². The third kappa shape index (κ3) is 4.02. The lowest BCUT2D eigenvalue weighted by atomic mass is 10.1. The van der Waals surface area contributed by atoms with Gasteiger partial charge in [-0.15, -0.1) is 0 Å². The standard InChI is InChI=1S/C15H17ClN2O2S/c1-3-4-18-15(17)21-8-10-6-14(19)20-13-5-9(2)12(16)7-11(10)13/h5-7H,3-4,8H2,1-2H3,(H2,17,18). The summed E-state index contributed by atoms with van der Waals surface area (Å²) in [5, 5.41) is 2.01. The Balaban J connectivity index is 2.35. The summed E-state index contributed by atoms with van der Waals surface area (Å²) in [7, 11) is 0. The van der Waals surface area contributed by atoms with Gasteiger partial charge in [-0.25, -0.2) is 4.79 Å². The number of hydrogen-bond acceptors (Lipinski definition) is 4. The molecular weight excluding hydrogens is 308 g/mol. The van der Waals surface area contributed by atoms with Gasteiger partial charge in [0.2, 0.25) is 0 Å². The Morgan fingerprint density at radius 2 is 2.19 bits per heavy atom. The molecule has 112 valence electrons. The van der Waals surface area contributed by atoms with Crippen molar-refractivity contribution < 1.29 is 4.42 Å². The quantitative estimate of drug-likeness (QED) is 0.529. The molecule has 0 aliphatic rings. The summed E-state index contributed by atoms with van der Waals surface area (Å²) in [6, 6.07) is 5.08. The molecule has 0 radical (unpaired) electrons. The SMILES string of the molecule is CCCN=C(N)SCc1cc(=O)oc2cc(C)c(Cl)cc12. The van der Waals surface area contributed by atoms with Gasteiger partial charge < -0.3 is 10.2 Å². The van der Waals surface area contributed by atoms with Crippen LogP contribution in [-0.4, -0.2) is 11.7 Å². The van der Waals surface area contributed by atoms with Gasteiger partial charge in [0.15, 0.2) is 5.17 Å². The van der Waals surface area contributed by atoms with Crippen molar-refractivity contribution in [2.45, 2.75) is 26.0 Å². The van der Waals surface area contributed by atoms with Gasteiger partial charge >= 0.3 is 5.63 Å². The van der Waals surface area contributed by atoms with E-state index in [9.17, 15) is 4.79 Å². The van der Waals surface area contributed by atoms with Gasteiger partial charge in [-0.2, -0.15) is 0 Å². The van der Waals surface area contributed by atoms with Gasteiger partial charge in [0.25, 0.3) is 0 Å². The molecule has 0 saturated carbocycles. The molecule has 0 atom stereocenters. The molecular formula is C15H17ClN2O2S. The molecule has 2 aromatic rings. The van der Waals surface area contributed by atoms with Gasteiger partial charge in [0.1, 0.15) is 5.58 Å². The molecule has 2 rings (SSSR count). The molecule has 0 amide bonds. The Kier molecular flexibility index (Phi) is 5.31. The highest BCUT2D eigenvalue weighted by atomic mass is 35.5. The number of thioether (sulfide) groups is 1. The summed E-state index contributed by atoms with van der Waals surface area (Å²) in [4.78, 5) is 15.9. The molecule has 1 aromatic carbocycles. The second kappa shape index (κ2) is 7.00. The second-order valence-electron chi connectivity index (χ2n) is 4.70. The normalized spacial score (nSPS) is 12.0. The Morgan fingerprint density at radius 1 is 1.43 bits per heavy atom. The molecule has 1 heterocycles.